The third-order valence-electron chi connectivity index (χ3n) is 22.8. The molecule has 0 amide bonds. The van der Waals surface area contributed by atoms with E-state index in [1.54, 1.807) is 0 Å². The van der Waals surface area contributed by atoms with E-state index >= 15 is 0 Å². The van der Waals surface area contributed by atoms with Gasteiger partial charge in [0.1, 0.15) is 11.3 Å². The van der Waals surface area contributed by atoms with E-state index in [9.17, 15) is 0 Å². The van der Waals surface area contributed by atoms with E-state index in [1.165, 1.54) is 131 Å². The number of hydrogen-bond donors (Lipinski definition) is 0. The second kappa shape index (κ2) is 26.0. The Hall–Kier alpha value is -14.8. The molecule has 5 nitrogen and oxygen atoms in total. The van der Waals surface area contributed by atoms with Crippen LogP contribution in [0.25, 0.3) is 215 Å². The van der Waals surface area contributed by atoms with Crippen LogP contribution in [0.15, 0.2) is 406 Å². The van der Waals surface area contributed by atoms with E-state index in [1.807, 2.05) is 0 Å². The van der Waals surface area contributed by atoms with Gasteiger partial charge in [0.15, 0.2) is 0 Å². The first kappa shape index (κ1) is 63.5. The van der Waals surface area contributed by atoms with Gasteiger partial charge in [-0.25, -0.2) is 9.97 Å². The van der Waals surface area contributed by atoms with Gasteiger partial charge in [-0.1, -0.05) is 334 Å². The lowest BCUT2D eigenvalue weighted by Crippen LogP contribution is -1.95. The van der Waals surface area contributed by atoms with Crippen LogP contribution >= 0.6 is 0 Å². The summed E-state index contributed by atoms with van der Waals surface area (Å²) in [7, 11) is 0. The normalized spacial score (nSPS) is 11.8. The Morgan fingerprint density at radius 3 is 1.03 bits per heavy atom. The molecule has 5 heteroatoms. The van der Waals surface area contributed by atoms with E-state index in [-0.39, 0.29) is 0 Å². The maximum absolute atomic E-state index is 5.50. The minimum atomic E-state index is 0.955. The molecule has 0 bridgehead atoms. The molecule has 516 valence electrons. The number of benzene rings is 18. The molecule has 0 atom stereocenters. The highest BCUT2D eigenvalue weighted by molar-refractivity contribution is 6.24. The summed E-state index contributed by atoms with van der Waals surface area (Å²) in [6, 6.07) is 147. The summed E-state index contributed by atoms with van der Waals surface area (Å²) in [4.78, 5) is 10.9. The smallest absolute Gasteiger partial charge is 0.146 e. The van der Waals surface area contributed by atoms with Crippen LogP contribution in [0.1, 0.15) is 0 Å². The van der Waals surface area contributed by atoms with Crippen molar-refractivity contribution in [3.63, 3.8) is 0 Å². The predicted octanol–water partition coefficient (Wildman–Crippen LogP) is 28.3. The van der Waals surface area contributed by atoms with Crippen molar-refractivity contribution in [2.45, 2.75) is 0 Å². The summed E-state index contributed by atoms with van der Waals surface area (Å²) in [6.45, 7) is 0. The zero-order chi connectivity index (χ0) is 73.0. The predicted molar refractivity (Wildman–Crippen MR) is 468 cm³/mol. The summed E-state index contributed by atoms with van der Waals surface area (Å²) in [6.07, 6.45) is 0. The average molecular weight is 1410 g/mol. The summed E-state index contributed by atoms with van der Waals surface area (Å²) >= 11 is 0. The summed E-state index contributed by atoms with van der Waals surface area (Å²) in [5.74, 6) is 0. The van der Waals surface area contributed by atoms with Gasteiger partial charge in [0.2, 0.25) is 0 Å². The van der Waals surface area contributed by atoms with E-state index in [0.29, 0.717) is 0 Å². The fourth-order valence-electron chi connectivity index (χ4n) is 17.7. The van der Waals surface area contributed by atoms with Gasteiger partial charge in [-0.3, -0.25) is 8.80 Å². The number of rotatable bonds is 9. The Kier molecular flexibility index (Phi) is 14.9. The lowest BCUT2D eigenvalue weighted by atomic mass is 9.84. The SMILES string of the molecule is c1ccc(-c2nc3c4ccc(-c5ccc6c(-c7ccc8ccccc8c7)c7ccccc7c(-c7ccc8ccccc8c7)c6c5)cc4c4ccccc4n3c2-c2ccccc2)cc1.c1ccc(-c2nc3c4ccccc4c4cc(-c5ccc(-n6c7ccccc7c7ccccc76)cc5)ccc4n3c2-c2ccccc2)cc1. The minimum Gasteiger partial charge on any atom is -0.309 e. The first-order valence-electron chi connectivity index (χ1n) is 38.1. The maximum Gasteiger partial charge on any atom is 0.146 e. The highest BCUT2D eigenvalue weighted by Gasteiger charge is 2.25. The van der Waals surface area contributed by atoms with Crippen LogP contribution in [-0.4, -0.2) is 23.3 Å². The van der Waals surface area contributed by atoms with Crippen molar-refractivity contribution in [1.82, 2.24) is 23.3 Å². The summed E-state index contributed by atoms with van der Waals surface area (Å²) in [5, 5.41) is 19.5. The van der Waals surface area contributed by atoms with Gasteiger partial charge in [-0.15, -0.1) is 0 Å². The van der Waals surface area contributed by atoms with Gasteiger partial charge in [-0.05, 0) is 171 Å². The van der Waals surface area contributed by atoms with Gasteiger partial charge >= 0.3 is 0 Å². The molecule has 5 heterocycles. The monoisotopic (exact) mass is 1410 g/mol. The molecule has 0 fully saturated rings. The van der Waals surface area contributed by atoms with Crippen molar-refractivity contribution in [3.8, 4) is 95.2 Å². The lowest BCUT2D eigenvalue weighted by Gasteiger charge is -2.19. The molecule has 0 N–H and O–H groups in total. The molecule has 0 radical (unpaired) electrons. The maximum atomic E-state index is 5.50. The second-order valence-corrected chi connectivity index (χ2v) is 29.1. The molecule has 0 aliphatic rings. The number of para-hydroxylation sites is 3. The largest absolute Gasteiger partial charge is 0.309 e. The van der Waals surface area contributed by atoms with E-state index in [2.05, 4.69) is 420 Å². The standard InChI is InChI=1S/C61H38N2.C45H29N3/c1-3-17-41(18-4-1)59-60(42-19-5-2-6-20-42)63-56-26-14-13-23-49(56)54-37-45(32-34-53(54)61(63)62-59)46-31-33-52-55(38-46)58(48-30-28-40-16-8-10-22-44(40)36-48)51-25-12-11-24-50(51)57(52)47-29-27-39-15-7-9-21-43(39)35-47;1-3-13-31(14-4-1)43-44(32-15-5-2-6-16-32)48-42-28-25-33(29-39(42)35-17-7-8-20-38(35)45(48)46-43)30-23-26-34(27-24-30)47-40-21-11-9-18-36(40)37-19-10-12-22-41(37)47/h1-38H;1-29H. The van der Waals surface area contributed by atoms with Crippen molar-refractivity contribution in [1.29, 1.82) is 0 Å². The van der Waals surface area contributed by atoms with Crippen LogP contribution in [0, 0.1) is 0 Å². The zero-order valence-electron chi connectivity index (χ0n) is 60.4. The number of fused-ring (bicyclic) bond motifs is 19. The third kappa shape index (κ3) is 10.5. The van der Waals surface area contributed by atoms with Crippen LogP contribution in [0.2, 0.25) is 0 Å². The Bertz CT molecular complexity index is 7610. The molecule has 5 aromatic heterocycles. The molecule has 0 saturated heterocycles. The van der Waals surface area contributed by atoms with Crippen LogP contribution in [0.3, 0.4) is 0 Å². The molecule has 0 aliphatic carbocycles. The molecule has 0 unspecified atom stereocenters. The van der Waals surface area contributed by atoms with Crippen molar-refractivity contribution >= 4 is 120 Å². The summed E-state index contributed by atoms with van der Waals surface area (Å²) in [5.41, 5.74) is 26.1. The second-order valence-electron chi connectivity index (χ2n) is 29.1. The molecular weight excluding hydrogens is 1340 g/mol. The highest BCUT2D eigenvalue weighted by atomic mass is 15.0. The van der Waals surface area contributed by atoms with E-state index < -0.39 is 0 Å². The number of aromatic nitrogens is 5. The van der Waals surface area contributed by atoms with Crippen molar-refractivity contribution in [3.05, 3.63) is 406 Å². The van der Waals surface area contributed by atoms with Gasteiger partial charge in [-0.2, -0.15) is 0 Å². The van der Waals surface area contributed by atoms with Crippen LogP contribution in [0.4, 0.5) is 0 Å². The fraction of sp³-hybridized carbons (Fsp3) is 0. The number of hydrogen-bond acceptors (Lipinski definition) is 2. The average Bonchev–Trinajstić information content (AvgIpc) is 1.72. The molecular formula is C106H67N5. The Morgan fingerprint density at radius 2 is 0.505 bits per heavy atom. The lowest BCUT2D eigenvalue weighted by molar-refractivity contribution is 1.18. The first-order valence-corrected chi connectivity index (χ1v) is 38.1. The molecule has 23 rings (SSSR count). The molecule has 18 aromatic carbocycles. The van der Waals surface area contributed by atoms with Crippen molar-refractivity contribution in [2.75, 3.05) is 0 Å². The Labute approximate surface area is 640 Å². The van der Waals surface area contributed by atoms with Crippen LogP contribution < -0.4 is 0 Å². The molecule has 0 saturated carbocycles. The highest BCUT2D eigenvalue weighted by Crippen LogP contribution is 2.48. The first-order chi connectivity index (χ1) is 55.1. The van der Waals surface area contributed by atoms with Crippen molar-refractivity contribution in [2.24, 2.45) is 0 Å². The van der Waals surface area contributed by atoms with Gasteiger partial charge in [0, 0.05) is 60.3 Å². The quantitative estimate of drug-likeness (QED) is 0.107. The van der Waals surface area contributed by atoms with Crippen LogP contribution in [-0.2, 0) is 0 Å². The summed E-state index contributed by atoms with van der Waals surface area (Å²) < 4.78 is 7.11. The number of pyridine rings is 2. The minimum absolute atomic E-state index is 0.955. The van der Waals surface area contributed by atoms with Crippen LogP contribution in [0.5, 0.6) is 0 Å². The van der Waals surface area contributed by atoms with Gasteiger partial charge in [0.05, 0.1) is 44.8 Å². The Morgan fingerprint density at radius 1 is 0.171 bits per heavy atom. The zero-order valence-corrected chi connectivity index (χ0v) is 60.4. The molecule has 111 heavy (non-hydrogen) atoms. The van der Waals surface area contributed by atoms with E-state index in [0.717, 1.165) is 83.8 Å². The third-order valence-corrected chi connectivity index (χ3v) is 22.8. The van der Waals surface area contributed by atoms with Gasteiger partial charge in [0.25, 0.3) is 0 Å². The molecule has 0 spiro atoms. The molecule has 0 aliphatic heterocycles. The Balaban J connectivity index is 0.000000142. The topological polar surface area (TPSA) is 39.5 Å². The van der Waals surface area contributed by atoms with E-state index in [4.69, 9.17) is 9.97 Å². The number of nitrogens with zero attached hydrogens (tertiary/aromatic N) is 5. The number of imidazole rings is 2. The van der Waals surface area contributed by atoms with Gasteiger partial charge < -0.3 is 4.57 Å². The van der Waals surface area contributed by atoms with Crippen molar-refractivity contribution < 1.29 is 0 Å². The fourth-order valence-corrected chi connectivity index (χ4v) is 17.7. The molecule has 23 aromatic rings.